The number of ether oxygens (including phenoxy) is 1. The Morgan fingerprint density at radius 1 is 0.963 bits per heavy atom. The van der Waals surface area contributed by atoms with E-state index in [4.69, 9.17) is 39.5 Å². The highest BCUT2D eigenvalue weighted by atomic mass is 35.5. The van der Waals surface area contributed by atoms with E-state index < -0.39 is 21.8 Å². The molecular formula is C39H49Cl3N6O5S. The van der Waals surface area contributed by atoms with Gasteiger partial charge in [0.05, 0.1) is 22.0 Å². The van der Waals surface area contributed by atoms with E-state index in [1.807, 2.05) is 43.0 Å². The molecule has 2 N–H and O–H groups in total. The number of rotatable bonds is 15. The monoisotopic (exact) mass is 818 g/mol. The molecule has 4 rings (SSSR count). The molecular weight excluding hydrogens is 771 g/mol. The second kappa shape index (κ2) is 17.4. The predicted molar refractivity (Wildman–Crippen MR) is 222 cm³/mol. The van der Waals surface area contributed by atoms with Gasteiger partial charge in [-0.15, -0.1) is 5.10 Å². The maximum absolute atomic E-state index is 14.0. The van der Waals surface area contributed by atoms with Crippen LogP contribution in [-0.2, 0) is 30.4 Å². The summed E-state index contributed by atoms with van der Waals surface area (Å²) >= 11 is 19.1. The number of hydrogen-bond donors (Lipinski definition) is 2. The third-order valence-electron chi connectivity index (χ3n) is 9.79. The van der Waals surface area contributed by atoms with E-state index in [-0.39, 0.29) is 56.3 Å². The Morgan fingerprint density at radius 3 is 2.19 bits per heavy atom. The Balaban J connectivity index is 1.67. The van der Waals surface area contributed by atoms with Gasteiger partial charge in [-0.25, -0.2) is 18.1 Å². The topological polar surface area (TPSA) is 133 Å². The summed E-state index contributed by atoms with van der Waals surface area (Å²) in [6, 6.07) is 14.4. The van der Waals surface area contributed by atoms with Gasteiger partial charge in [0, 0.05) is 35.9 Å². The first-order chi connectivity index (χ1) is 25.2. The van der Waals surface area contributed by atoms with Crippen molar-refractivity contribution >= 4 is 85.2 Å². The number of hydrazone groups is 1. The fraction of sp³-hybridized carbons (Fsp3) is 0.436. The van der Waals surface area contributed by atoms with Crippen molar-refractivity contribution in [2.24, 2.45) is 10.1 Å². The van der Waals surface area contributed by atoms with Gasteiger partial charge in [0.2, 0.25) is 10.0 Å². The summed E-state index contributed by atoms with van der Waals surface area (Å²) in [4.78, 5) is 34.2. The van der Waals surface area contributed by atoms with Crippen LogP contribution in [0.4, 0.5) is 17.1 Å². The van der Waals surface area contributed by atoms with E-state index in [2.05, 4.69) is 67.7 Å². The van der Waals surface area contributed by atoms with Gasteiger partial charge in [-0.2, -0.15) is 5.01 Å². The van der Waals surface area contributed by atoms with Crippen LogP contribution in [0.3, 0.4) is 0 Å². The number of halogens is 3. The number of sulfonamides is 1. The number of nitrogens with zero attached hydrogens (tertiary/aromatic N) is 4. The zero-order chi connectivity index (χ0) is 40.2. The number of carbonyl (C=O) groups is 2. The van der Waals surface area contributed by atoms with Crippen LogP contribution >= 0.6 is 34.8 Å². The van der Waals surface area contributed by atoms with E-state index in [0.29, 0.717) is 24.5 Å². The quantitative estimate of drug-likeness (QED) is 0.159. The molecule has 3 aromatic carbocycles. The molecule has 292 valence electrons. The second-order valence-electron chi connectivity index (χ2n) is 14.5. The third-order valence-corrected chi connectivity index (χ3v) is 11.3. The number of amides is 2. The predicted octanol–water partition coefficient (Wildman–Crippen LogP) is 8.33. The normalized spacial score (nSPS) is 14.4. The highest BCUT2D eigenvalue weighted by Gasteiger charge is 2.37. The van der Waals surface area contributed by atoms with Crippen LogP contribution < -0.4 is 24.7 Å². The number of aryl methyl sites for hydroxylation is 1. The minimum absolute atomic E-state index is 0.0370. The Morgan fingerprint density at radius 2 is 1.61 bits per heavy atom. The number of likely N-dealkylation sites (N-methyl/N-ethyl adjacent to an activating group) is 1. The molecule has 0 aromatic heterocycles. The van der Waals surface area contributed by atoms with E-state index in [1.54, 1.807) is 6.07 Å². The number of aliphatic imine (C=N–C) groups is 1. The molecule has 1 aliphatic rings. The van der Waals surface area contributed by atoms with Crippen molar-refractivity contribution in [3.63, 3.8) is 0 Å². The molecule has 0 saturated heterocycles. The number of nitrogens with one attached hydrogen (secondary N) is 2. The number of benzene rings is 3. The molecule has 0 bridgehead atoms. The first-order valence-electron chi connectivity index (χ1n) is 17.8. The molecule has 11 nitrogen and oxygen atoms in total. The lowest BCUT2D eigenvalue weighted by Crippen LogP contribution is -2.39. The number of anilines is 2. The van der Waals surface area contributed by atoms with Crippen LogP contribution in [-0.4, -0.2) is 64.3 Å². The zero-order valence-electron chi connectivity index (χ0n) is 32.2. The molecule has 0 radical (unpaired) electrons. The van der Waals surface area contributed by atoms with Crippen LogP contribution in [0.25, 0.3) is 0 Å². The molecule has 54 heavy (non-hydrogen) atoms. The van der Waals surface area contributed by atoms with Crippen LogP contribution in [0.5, 0.6) is 5.75 Å². The number of amidine groups is 1. The molecule has 0 spiro atoms. The molecule has 0 fully saturated rings. The van der Waals surface area contributed by atoms with Crippen molar-refractivity contribution in [1.82, 2.24) is 10.0 Å². The van der Waals surface area contributed by atoms with Gasteiger partial charge in [-0.1, -0.05) is 88.5 Å². The number of carbonyl (C=O) groups excluding carboxylic acids is 2. The fourth-order valence-electron chi connectivity index (χ4n) is 5.70. The van der Waals surface area contributed by atoms with E-state index in [9.17, 15) is 18.0 Å². The van der Waals surface area contributed by atoms with Crippen LogP contribution in [0.2, 0.25) is 15.1 Å². The lowest BCUT2D eigenvalue weighted by atomic mass is 9.76. The van der Waals surface area contributed by atoms with Crippen LogP contribution in [0.15, 0.2) is 58.6 Å². The second-order valence-corrected chi connectivity index (χ2v) is 17.6. The summed E-state index contributed by atoms with van der Waals surface area (Å²) in [6.45, 7) is 17.7. The van der Waals surface area contributed by atoms with Gasteiger partial charge in [0.15, 0.2) is 18.2 Å². The highest BCUT2D eigenvalue weighted by molar-refractivity contribution is 7.88. The smallest absolute Gasteiger partial charge is 0.301 e. The highest BCUT2D eigenvalue weighted by Crippen LogP contribution is 2.40. The van der Waals surface area contributed by atoms with Gasteiger partial charge < -0.3 is 15.0 Å². The first-order valence-corrected chi connectivity index (χ1v) is 20.8. The lowest BCUT2D eigenvalue weighted by molar-refractivity contribution is -0.121. The fourth-order valence-corrected chi connectivity index (χ4v) is 7.14. The third kappa shape index (κ3) is 10.3. The van der Waals surface area contributed by atoms with E-state index >= 15 is 0 Å². The van der Waals surface area contributed by atoms with Crippen molar-refractivity contribution in [3.05, 3.63) is 80.3 Å². The molecule has 3 aromatic rings. The average Bonchev–Trinajstić information content (AvgIpc) is 3.38. The zero-order valence-corrected chi connectivity index (χ0v) is 35.3. The standard InChI is InChI=1S/C39H49Cl3N6O5S/c1-10-38(5,6)25-13-16-32(28(20-25)39(7,8)11-2)53-23-33(49)45-36-34(37(50)48(46-36)35-29(41)21-26(40)22-30(35)42)44-31-15-14-27(19-24(31)4)47(12-3)18-17-43-54(9,51)52/h13-16,19-22,43H,10-12,17-18,23H2,1-9H3,(H,45,46,49)/b44-34-. The van der Waals surface area contributed by atoms with Gasteiger partial charge in [0.25, 0.3) is 5.91 Å². The van der Waals surface area contributed by atoms with Crippen molar-refractivity contribution in [2.45, 2.75) is 79.1 Å². The Kier molecular flexibility index (Phi) is 13.9. The summed E-state index contributed by atoms with van der Waals surface area (Å²) in [6.07, 6.45) is 2.93. The number of hydrogen-bond acceptors (Lipinski definition) is 8. The Labute approximate surface area is 334 Å². The molecule has 0 saturated carbocycles. The van der Waals surface area contributed by atoms with Gasteiger partial charge in [0.1, 0.15) is 11.4 Å². The first kappa shape index (κ1) is 43.1. The van der Waals surface area contributed by atoms with Gasteiger partial charge in [-0.05, 0) is 85.0 Å². The molecule has 0 aliphatic carbocycles. The summed E-state index contributed by atoms with van der Waals surface area (Å²) in [5, 5.41) is 8.56. The van der Waals surface area contributed by atoms with Crippen molar-refractivity contribution < 1.29 is 22.7 Å². The van der Waals surface area contributed by atoms with E-state index in [1.165, 1.54) is 17.7 Å². The summed E-state index contributed by atoms with van der Waals surface area (Å²) in [5.41, 5.74) is 3.86. The van der Waals surface area contributed by atoms with Crippen molar-refractivity contribution in [3.8, 4) is 5.75 Å². The van der Waals surface area contributed by atoms with Crippen LogP contribution in [0, 0.1) is 6.92 Å². The van der Waals surface area contributed by atoms with Gasteiger partial charge in [-0.3, -0.25) is 9.59 Å². The maximum atomic E-state index is 14.0. The molecule has 1 heterocycles. The Hall–Kier alpha value is -3.68. The molecule has 2 amide bonds. The largest absolute Gasteiger partial charge is 0.483 e. The van der Waals surface area contributed by atoms with Crippen molar-refractivity contribution in [2.75, 3.05) is 42.4 Å². The SMILES string of the molecule is CCN(CCNS(C)(=O)=O)c1ccc(/N=C2\C(=O)N(c3c(Cl)cc(Cl)cc3Cl)N=C2NC(=O)COc2ccc(C(C)(C)CC)cc2C(C)(C)CC)c(C)c1. The summed E-state index contributed by atoms with van der Waals surface area (Å²) < 4.78 is 31.8. The van der Waals surface area contributed by atoms with Crippen LogP contribution in [0.1, 0.15) is 78.0 Å². The van der Waals surface area contributed by atoms with E-state index in [0.717, 1.165) is 40.9 Å². The molecule has 1 aliphatic heterocycles. The molecule has 15 heteroatoms. The minimum Gasteiger partial charge on any atom is -0.483 e. The average molecular weight is 820 g/mol. The van der Waals surface area contributed by atoms with Gasteiger partial charge >= 0.3 is 5.91 Å². The molecule has 0 unspecified atom stereocenters. The lowest BCUT2D eigenvalue weighted by Gasteiger charge is -2.30. The summed E-state index contributed by atoms with van der Waals surface area (Å²) in [5.74, 6) is -0.758. The maximum Gasteiger partial charge on any atom is 0.301 e. The Bertz CT molecular complexity index is 2060. The minimum atomic E-state index is -3.33. The molecule has 0 atom stereocenters. The summed E-state index contributed by atoms with van der Waals surface area (Å²) in [7, 11) is -3.33. The van der Waals surface area contributed by atoms with Crippen molar-refractivity contribution in [1.29, 1.82) is 0 Å².